The average Bonchev–Trinajstić information content (AvgIpc) is 2.32. The second-order valence-corrected chi connectivity index (χ2v) is 3.86. The first kappa shape index (κ1) is 11.1. The van der Waals surface area contributed by atoms with Crippen LogP contribution in [-0.2, 0) is 16.2 Å². The van der Waals surface area contributed by atoms with Crippen LogP contribution in [0.1, 0.15) is 18.4 Å². The monoisotopic (exact) mass is 221 g/mol. The Hall–Kier alpha value is -1.39. The number of hydrogen-bond acceptors (Lipinski definition) is 3. The molecule has 1 N–H and O–H groups in total. The van der Waals surface area contributed by atoms with Gasteiger partial charge < -0.3 is 5.11 Å². The Morgan fingerprint density at radius 1 is 1.38 bits per heavy atom. The Labute approximate surface area is 94.4 Å². The first-order chi connectivity index (χ1) is 7.77. The standard InChI is InChI=1S/C12H15NO3/c14-11-7-4-8-13(12(11)15)16-9-10-5-2-1-3-6-10/h1-3,5-6,11,14H,4,7-9H2. The molecular weight excluding hydrogens is 206 g/mol. The molecule has 1 fully saturated rings. The van der Waals surface area contributed by atoms with Gasteiger partial charge in [0.1, 0.15) is 12.7 Å². The van der Waals surface area contributed by atoms with Gasteiger partial charge >= 0.3 is 0 Å². The largest absolute Gasteiger partial charge is 0.383 e. The quantitative estimate of drug-likeness (QED) is 0.831. The lowest BCUT2D eigenvalue weighted by atomic mass is 10.1. The molecule has 2 rings (SSSR count). The summed E-state index contributed by atoms with van der Waals surface area (Å²) in [5.41, 5.74) is 1.01. The summed E-state index contributed by atoms with van der Waals surface area (Å²) in [5.74, 6) is -0.331. The smallest absolute Gasteiger partial charge is 0.274 e. The zero-order valence-corrected chi connectivity index (χ0v) is 9.00. The SMILES string of the molecule is O=C1C(O)CCCN1OCc1ccccc1. The van der Waals surface area contributed by atoms with Gasteiger partial charge in [0.15, 0.2) is 0 Å². The lowest BCUT2D eigenvalue weighted by Crippen LogP contribution is -2.43. The van der Waals surface area contributed by atoms with E-state index in [1.807, 2.05) is 30.3 Å². The molecule has 4 nitrogen and oxygen atoms in total. The van der Waals surface area contributed by atoms with Gasteiger partial charge in [-0.3, -0.25) is 9.63 Å². The van der Waals surface area contributed by atoms with Crippen molar-refractivity contribution in [3.8, 4) is 0 Å². The average molecular weight is 221 g/mol. The molecule has 16 heavy (non-hydrogen) atoms. The van der Waals surface area contributed by atoms with Crippen molar-refractivity contribution < 1.29 is 14.7 Å². The highest BCUT2D eigenvalue weighted by Gasteiger charge is 2.27. The van der Waals surface area contributed by atoms with E-state index in [0.29, 0.717) is 19.6 Å². The first-order valence-electron chi connectivity index (χ1n) is 5.43. The second kappa shape index (κ2) is 5.09. The number of piperidine rings is 1. The van der Waals surface area contributed by atoms with Crippen LogP contribution < -0.4 is 0 Å². The summed E-state index contributed by atoms with van der Waals surface area (Å²) in [4.78, 5) is 16.9. The summed E-state index contributed by atoms with van der Waals surface area (Å²) < 4.78 is 0. The molecule has 1 amide bonds. The van der Waals surface area contributed by atoms with E-state index in [2.05, 4.69) is 0 Å². The highest BCUT2D eigenvalue weighted by Crippen LogP contribution is 2.13. The van der Waals surface area contributed by atoms with Crippen molar-refractivity contribution in [3.05, 3.63) is 35.9 Å². The molecule has 1 aliphatic rings. The fraction of sp³-hybridized carbons (Fsp3) is 0.417. The third-order valence-corrected chi connectivity index (χ3v) is 2.60. The highest BCUT2D eigenvalue weighted by atomic mass is 16.7. The van der Waals surface area contributed by atoms with Gasteiger partial charge in [0.2, 0.25) is 0 Å². The van der Waals surface area contributed by atoms with Crippen LogP contribution in [0.15, 0.2) is 30.3 Å². The van der Waals surface area contributed by atoms with Gasteiger partial charge in [0, 0.05) is 6.54 Å². The van der Waals surface area contributed by atoms with Crippen molar-refractivity contribution in [3.63, 3.8) is 0 Å². The molecule has 4 heteroatoms. The minimum Gasteiger partial charge on any atom is -0.383 e. The van der Waals surface area contributed by atoms with Gasteiger partial charge in [-0.05, 0) is 18.4 Å². The van der Waals surface area contributed by atoms with Crippen molar-refractivity contribution in [2.24, 2.45) is 0 Å². The Balaban J connectivity index is 1.88. The van der Waals surface area contributed by atoms with Crippen LogP contribution in [0.5, 0.6) is 0 Å². The Morgan fingerprint density at radius 3 is 2.88 bits per heavy atom. The summed E-state index contributed by atoms with van der Waals surface area (Å²) in [5, 5.41) is 10.6. The van der Waals surface area contributed by atoms with E-state index in [9.17, 15) is 9.90 Å². The van der Waals surface area contributed by atoms with Crippen LogP contribution in [0.2, 0.25) is 0 Å². The number of hydrogen-bond donors (Lipinski definition) is 1. The van der Waals surface area contributed by atoms with Crippen molar-refractivity contribution >= 4 is 5.91 Å². The van der Waals surface area contributed by atoms with Crippen LogP contribution in [0, 0.1) is 0 Å². The number of aliphatic hydroxyl groups excluding tert-OH is 1. The molecule has 0 saturated carbocycles. The Morgan fingerprint density at radius 2 is 2.12 bits per heavy atom. The number of carbonyl (C=O) groups is 1. The molecule has 1 aromatic rings. The lowest BCUT2D eigenvalue weighted by Gasteiger charge is -2.28. The van der Waals surface area contributed by atoms with Crippen LogP contribution in [-0.4, -0.2) is 28.7 Å². The van der Waals surface area contributed by atoms with Gasteiger partial charge in [0.05, 0.1) is 0 Å². The van der Waals surface area contributed by atoms with Gasteiger partial charge in [0.25, 0.3) is 5.91 Å². The van der Waals surface area contributed by atoms with E-state index in [-0.39, 0.29) is 5.91 Å². The Bertz CT molecular complexity index is 353. The van der Waals surface area contributed by atoms with Crippen molar-refractivity contribution in [2.75, 3.05) is 6.54 Å². The minimum absolute atomic E-state index is 0.331. The number of rotatable bonds is 3. The molecule has 0 bridgehead atoms. The molecular formula is C12H15NO3. The van der Waals surface area contributed by atoms with Gasteiger partial charge in [-0.2, -0.15) is 0 Å². The number of benzene rings is 1. The second-order valence-electron chi connectivity index (χ2n) is 3.86. The van der Waals surface area contributed by atoms with E-state index in [1.165, 1.54) is 5.06 Å². The van der Waals surface area contributed by atoms with E-state index in [0.717, 1.165) is 12.0 Å². The predicted octanol–water partition coefficient (Wildman–Crippen LogP) is 1.10. The van der Waals surface area contributed by atoms with Gasteiger partial charge in [-0.25, -0.2) is 5.06 Å². The van der Waals surface area contributed by atoms with Crippen LogP contribution in [0.3, 0.4) is 0 Å². The maximum Gasteiger partial charge on any atom is 0.274 e. The van der Waals surface area contributed by atoms with Crippen LogP contribution in [0.25, 0.3) is 0 Å². The molecule has 0 spiro atoms. The number of amides is 1. The van der Waals surface area contributed by atoms with E-state index in [1.54, 1.807) is 0 Å². The van der Waals surface area contributed by atoms with Crippen molar-refractivity contribution in [1.82, 2.24) is 5.06 Å². The third kappa shape index (κ3) is 2.59. The van der Waals surface area contributed by atoms with Gasteiger partial charge in [-0.15, -0.1) is 0 Å². The maximum atomic E-state index is 11.5. The first-order valence-corrected chi connectivity index (χ1v) is 5.43. The molecule has 1 heterocycles. The summed E-state index contributed by atoms with van der Waals surface area (Å²) >= 11 is 0. The molecule has 1 aliphatic heterocycles. The number of aliphatic hydroxyl groups is 1. The van der Waals surface area contributed by atoms with Crippen LogP contribution >= 0.6 is 0 Å². The zero-order valence-electron chi connectivity index (χ0n) is 9.00. The van der Waals surface area contributed by atoms with E-state index >= 15 is 0 Å². The number of nitrogens with zero attached hydrogens (tertiary/aromatic N) is 1. The predicted molar refractivity (Wildman–Crippen MR) is 58.2 cm³/mol. The molecule has 0 aliphatic carbocycles. The minimum atomic E-state index is -0.899. The fourth-order valence-corrected chi connectivity index (χ4v) is 1.68. The fourth-order valence-electron chi connectivity index (χ4n) is 1.68. The molecule has 1 unspecified atom stereocenters. The van der Waals surface area contributed by atoms with E-state index in [4.69, 9.17) is 4.84 Å². The molecule has 1 aromatic carbocycles. The topological polar surface area (TPSA) is 49.8 Å². The normalized spacial score (nSPS) is 21.2. The summed E-state index contributed by atoms with van der Waals surface area (Å²) in [6.07, 6.45) is 0.413. The number of carbonyl (C=O) groups excluding carboxylic acids is 1. The van der Waals surface area contributed by atoms with E-state index < -0.39 is 6.10 Å². The molecule has 0 aromatic heterocycles. The summed E-state index contributed by atoms with van der Waals surface area (Å²) in [7, 11) is 0. The maximum absolute atomic E-state index is 11.5. The molecule has 0 radical (unpaired) electrons. The third-order valence-electron chi connectivity index (χ3n) is 2.60. The Kier molecular flexibility index (Phi) is 3.54. The number of hydroxylamine groups is 2. The zero-order chi connectivity index (χ0) is 11.4. The lowest BCUT2D eigenvalue weighted by molar-refractivity contribution is -0.207. The van der Waals surface area contributed by atoms with Crippen molar-refractivity contribution in [2.45, 2.75) is 25.6 Å². The summed E-state index contributed by atoms with van der Waals surface area (Å²) in [6.45, 7) is 0.919. The summed E-state index contributed by atoms with van der Waals surface area (Å²) in [6, 6.07) is 9.64. The van der Waals surface area contributed by atoms with Crippen LogP contribution in [0.4, 0.5) is 0 Å². The highest BCUT2D eigenvalue weighted by molar-refractivity contribution is 5.80. The van der Waals surface area contributed by atoms with Gasteiger partial charge in [-0.1, -0.05) is 30.3 Å². The van der Waals surface area contributed by atoms with Crippen molar-refractivity contribution in [1.29, 1.82) is 0 Å². The molecule has 1 saturated heterocycles. The molecule has 86 valence electrons. The molecule has 1 atom stereocenters.